The molecular weight excluding hydrogens is 222 g/mol. The molecule has 0 spiro atoms. The van der Waals surface area contributed by atoms with E-state index in [1.54, 1.807) is 0 Å². The van der Waals surface area contributed by atoms with Gasteiger partial charge in [0.25, 0.3) is 0 Å². The molecule has 1 aliphatic rings. The summed E-state index contributed by atoms with van der Waals surface area (Å²) in [4.78, 5) is 2.48. The summed E-state index contributed by atoms with van der Waals surface area (Å²) < 4.78 is 0. The fraction of sp³-hybridized carbons (Fsp3) is 0.625. The number of hydrogen-bond donors (Lipinski definition) is 1. The minimum absolute atomic E-state index is 0.301. The molecular formula is C16H25NO. The van der Waals surface area contributed by atoms with Crippen LogP contribution in [-0.2, 0) is 0 Å². The fourth-order valence-electron chi connectivity index (χ4n) is 2.90. The molecule has 2 heteroatoms. The van der Waals surface area contributed by atoms with E-state index in [1.807, 2.05) is 30.3 Å². The predicted octanol–water partition coefficient (Wildman–Crippen LogP) is 3.37. The van der Waals surface area contributed by atoms with Crippen LogP contribution in [0, 0.1) is 0 Å². The molecule has 2 nitrogen and oxygen atoms in total. The summed E-state index contributed by atoms with van der Waals surface area (Å²) in [5.41, 5.74) is 1.06. The van der Waals surface area contributed by atoms with Gasteiger partial charge in [-0.05, 0) is 37.9 Å². The second kappa shape index (κ2) is 6.91. The lowest BCUT2D eigenvalue weighted by Crippen LogP contribution is -2.37. The van der Waals surface area contributed by atoms with Crippen molar-refractivity contribution in [3.63, 3.8) is 0 Å². The van der Waals surface area contributed by atoms with E-state index in [-0.39, 0.29) is 6.10 Å². The first-order valence-electron chi connectivity index (χ1n) is 7.30. The molecule has 0 aliphatic carbocycles. The molecule has 0 amide bonds. The Labute approximate surface area is 111 Å². The Hall–Kier alpha value is -0.860. The fourth-order valence-corrected chi connectivity index (χ4v) is 2.90. The molecule has 2 atom stereocenters. The maximum atomic E-state index is 10.6. The van der Waals surface area contributed by atoms with Crippen LogP contribution in [0.3, 0.4) is 0 Å². The number of unbranched alkanes of at least 4 members (excludes halogenated alkanes) is 1. The highest BCUT2D eigenvalue weighted by atomic mass is 16.3. The van der Waals surface area contributed by atoms with E-state index in [4.69, 9.17) is 0 Å². The monoisotopic (exact) mass is 247 g/mol. The molecule has 2 unspecified atom stereocenters. The van der Waals surface area contributed by atoms with Crippen molar-refractivity contribution in [1.82, 2.24) is 4.90 Å². The predicted molar refractivity (Wildman–Crippen MR) is 75.5 cm³/mol. The van der Waals surface area contributed by atoms with E-state index >= 15 is 0 Å². The van der Waals surface area contributed by atoms with Crippen LogP contribution in [0.2, 0.25) is 0 Å². The minimum Gasteiger partial charge on any atom is -0.387 e. The van der Waals surface area contributed by atoms with Gasteiger partial charge in [-0.3, -0.25) is 4.90 Å². The number of hydrogen-bond acceptors (Lipinski definition) is 2. The lowest BCUT2D eigenvalue weighted by atomic mass is 9.96. The number of aliphatic hydroxyl groups excluding tert-OH is 1. The summed E-state index contributed by atoms with van der Waals surface area (Å²) in [6, 6.07) is 10.4. The lowest BCUT2D eigenvalue weighted by molar-refractivity contribution is 0.0550. The quantitative estimate of drug-likeness (QED) is 0.833. The zero-order valence-electron chi connectivity index (χ0n) is 11.4. The van der Waals surface area contributed by atoms with Crippen LogP contribution in [0.1, 0.15) is 50.7 Å². The van der Waals surface area contributed by atoms with Gasteiger partial charge in [0.05, 0.1) is 6.10 Å². The number of nitrogens with zero attached hydrogens (tertiary/aromatic N) is 1. The van der Waals surface area contributed by atoms with Crippen molar-refractivity contribution in [3.8, 4) is 0 Å². The van der Waals surface area contributed by atoms with Gasteiger partial charge in [-0.25, -0.2) is 0 Å². The Morgan fingerprint density at radius 1 is 1.17 bits per heavy atom. The molecule has 1 aromatic rings. The molecule has 1 heterocycles. The van der Waals surface area contributed by atoms with E-state index in [0.29, 0.717) is 6.04 Å². The average Bonchev–Trinajstić information content (AvgIpc) is 2.94. The van der Waals surface area contributed by atoms with Crippen molar-refractivity contribution in [2.24, 2.45) is 0 Å². The molecule has 0 bridgehead atoms. The number of rotatable bonds is 6. The van der Waals surface area contributed by atoms with Crippen molar-refractivity contribution in [1.29, 1.82) is 0 Å². The molecule has 0 saturated carbocycles. The highest BCUT2D eigenvalue weighted by molar-refractivity contribution is 5.19. The van der Waals surface area contributed by atoms with Crippen LogP contribution in [0.15, 0.2) is 30.3 Å². The van der Waals surface area contributed by atoms with Gasteiger partial charge >= 0.3 is 0 Å². The van der Waals surface area contributed by atoms with Crippen LogP contribution >= 0.6 is 0 Å². The molecule has 18 heavy (non-hydrogen) atoms. The molecule has 1 aliphatic heterocycles. The largest absolute Gasteiger partial charge is 0.387 e. The second-order valence-electron chi connectivity index (χ2n) is 5.31. The van der Waals surface area contributed by atoms with E-state index in [1.165, 1.54) is 25.7 Å². The Kier molecular flexibility index (Phi) is 5.21. The van der Waals surface area contributed by atoms with Crippen molar-refractivity contribution in [2.75, 3.05) is 13.1 Å². The van der Waals surface area contributed by atoms with Crippen molar-refractivity contribution >= 4 is 0 Å². The third-order valence-corrected chi connectivity index (χ3v) is 3.97. The molecule has 1 saturated heterocycles. The first-order valence-corrected chi connectivity index (χ1v) is 7.30. The van der Waals surface area contributed by atoms with Crippen LogP contribution in [-0.4, -0.2) is 29.1 Å². The van der Waals surface area contributed by atoms with Crippen LogP contribution in [0.25, 0.3) is 0 Å². The van der Waals surface area contributed by atoms with Crippen molar-refractivity contribution < 1.29 is 5.11 Å². The van der Waals surface area contributed by atoms with E-state index in [9.17, 15) is 5.11 Å². The average molecular weight is 247 g/mol. The molecule has 100 valence electrons. The minimum atomic E-state index is -0.337. The zero-order valence-corrected chi connectivity index (χ0v) is 11.4. The van der Waals surface area contributed by atoms with E-state index < -0.39 is 0 Å². The molecule has 1 N–H and O–H groups in total. The van der Waals surface area contributed by atoms with Gasteiger partial charge in [-0.1, -0.05) is 50.1 Å². The van der Waals surface area contributed by atoms with Gasteiger partial charge in [-0.2, -0.15) is 0 Å². The van der Waals surface area contributed by atoms with E-state index in [2.05, 4.69) is 11.8 Å². The summed E-state index contributed by atoms with van der Waals surface area (Å²) in [5.74, 6) is 0. The summed E-state index contributed by atoms with van der Waals surface area (Å²) >= 11 is 0. The summed E-state index contributed by atoms with van der Waals surface area (Å²) in [5, 5.41) is 10.6. The van der Waals surface area contributed by atoms with Gasteiger partial charge in [0, 0.05) is 6.04 Å². The second-order valence-corrected chi connectivity index (χ2v) is 5.31. The number of benzene rings is 1. The lowest BCUT2D eigenvalue weighted by Gasteiger charge is -2.32. The van der Waals surface area contributed by atoms with Crippen molar-refractivity contribution in [2.45, 2.75) is 51.2 Å². The summed E-state index contributed by atoms with van der Waals surface area (Å²) in [6.45, 7) is 4.52. The van der Waals surface area contributed by atoms with Gasteiger partial charge in [-0.15, -0.1) is 0 Å². The molecule has 2 rings (SSSR count). The Balaban J connectivity index is 2.07. The van der Waals surface area contributed by atoms with Gasteiger partial charge < -0.3 is 5.11 Å². The maximum Gasteiger partial charge on any atom is 0.0945 e. The Bertz CT molecular complexity index is 332. The topological polar surface area (TPSA) is 23.5 Å². The van der Waals surface area contributed by atoms with Crippen molar-refractivity contribution in [3.05, 3.63) is 35.9 Å². The van der Waals surface area contributed by atoms with Gasteiger partial charge in [0.1, 0.15) is 0 Å². The molecule has 1 aromatic carbocycles. The molecule has 0 radical (unpaired) electrons. The van der Waals surface area contributed by atoms with Gasteiger partial charge in [0.2, 0.25) is 0 Å². The number of aliphatic hydroxyl groups is 1. The highest BCUT2D eigenvalue weighted by Crippen LogP contribution is 2.27. The van der Waals surface area contributed by atoms with Gasteiger partial charge in [0.15, 0.2) is 0 Å². The Morgan fingerprint density at radius 3 is 2.44 bits per heavy atom. The molecule has 1 fully saturated rings. The van der Waals surface area contributed by atoms with Crippen LogP contribution < -0.4 is 0 Å². The number of likely N-dealkylation sites (tertiary alicyclic amines) is 1. The summed E-state index contributed by atoms with van der Waals surface area (Å²) in [6.07, 6.45) is 5.73. The Morgan fingerprint density at radius 2 is 1.83 bits per heavy atom. The summed E-state index contributed by atoms with van der Waals surface area (Å²) in [7, 11) is 0. The van der Waals surface area contributed by atoms with E-state index in [0.717, 1.165) is 25.1 Å². The normalized spacial score (nSPS) is 19.9. The first-order chi connectivity index (χ1) is 8.83. The third-order valence-electron chi connectivity index (χ3n) is 3.97. The van der Waals surface area contributed by atoms with Crippen LogP contribution in [0.4, 0.5) is 0 Å². The third kappa shape index (κ3) is 3.33. The first kappa shape index (κ1) is 13.6. The smallest absolute Gasteiger partial charge is 0.0945 e. The SMILES string of the molecule is CCCCC(C(O)c1ccccc1)N1CCCC1. The maximum absolute atomic E-state index is 10.6. The standard InChI is InChI=1S/C16H25NO/c1-2-3-11-15(17-12-7-8-13-17)16(18)14-9-5-4-6-10-14/h4-6,9-10,15-16,18H,2-3,7-8,11-13H2,1H3. The highest BCUT2D eigenvalue weighted by Gasteiger charge is 2.28. The van der Waals surface area contributed by atoms with Crippen LogP contribution in [0.5, 0.6) is 0 Å². The molecule has 0 aromatic heterocycles. The zero-order chi connectivity index (χ0) is 12.8.